The molecule has 4 heteroatoms. The van der Waals surface area contributed by atoms with Crippen LogP contribution in [0.2, 0.25) is 0 Å². The van der Waals surface area contributed by atoms with Gasteiger partial charge in [0.15, 0.2) is 0 Å². The molecular weight excluding hydrogens is 917 g/mol. The van der Waals surface area contributed by atoms with Crippen molar-refractivity contribution in [2.75, 3.05) is 0 Å². The van der Waals surface area contributed by atoms with Crippen molar-refractivity contribution in [3.05, 3.63) is 12.2 Å². The Morgan fingerprint density at radius 2 is 0.307 bits per heavy atom. The van der Waals surface area contributed by atoms with Crippen molar-refractivity contribution < 1.29 is 19.8 Å². The fourth-order valence-electron chi connectivity index (χ4n) is 11.9. The van der Waals surface area contributed by atoms with Crippen LogP contribution in [0.25, 0.3) is 0 Å². The van der Waals surface area contributed by atoms with Gasteiger partial charge in [0, 0.05) is 12.5 Å². The molecule has 0 aliphatic carbocycles. The second-order valence-electron chi connectivity index (χ2n) is 24.7. The third kappa shape index (κ3) is 72.7. The summed E-state index contributed by atoms with van der Waals surface area (Å²) in [5, 5.41) is 17.3. The van der Waals surface area contributed by atoms with Gasteiger partial charge in [-0.2, -0.15) is 0 Å². The minimum Gasteiger partial charge on any atom is -0.481 e. The first-order chi connectivity index (χ1) is 37.1. The van der Waals surface area contributed by atoms with E-state index < -0.39 is 11.9 Å². The van der Waals surface area contributed by atoms with E-state index >= 15 is 0 Å². The molecule has 0 aliphatic heterocycles. The molecule has 0 fully saturated rings. The molecule has 75 heavy (non-hydrogen) atoms. The zero-order chi connectivity index (χ0) is 53.9. The summed E-state index contributed by atoms with van der Waals surface area (Å²) in [6.07, 6.45) is 97.0. The fraction of sp³-hybridized carbons (Fsp3) is 0.944. The number of hydrogen-bond donors (Lipinski definition) is 2. The van der Waals surface area contributed by atoms with Crippen LogP contribution in [0.15, 0.2) is 12.2 Å². The van der Waals surface area contributed by atoms with Gasteiger partial charge in [0.2, 0.25) is 0 Å². The lowest BCUT2D eigenvalue weighted by molar-refractivity contribution is -0.137. The van der Waals surface area contributed by atoms with Crippen LogP contribution in [-0.2, 0) is 9.59 Å². The van der Waals surface area contributed by atoms with Gasteiger partial charge in [0.05, 0.1) is 0 Å². The predicted molar refractivity (Wildman–Crippen MR) is 334 cm³/mol. The Morgan fingerprint density at radius 3 is 0.427 bits per heavy atom. The number of rotatable bonds is 69. The highest BCUT2D eigenvalue weighted by Crippen LogP contribution is 2.21. The zero-order valence-electron chi connectivity index (χ0n) is 51.2. The standard InChI is InChI=1S/C71H138O4/c72-70(73)68-66-64-62-60-58-56-54-52-50-48-46-44-42-40-38-36-34-32-30-28-26-24-22-20-18-16-14-12-10-8-6-4-2-1-3-5-7-9-11-13-15-17-19-21-23-25-27-29-31-33-35-37-39-41-43-45-47-49-51-53-55-57-59-61-63-65-67-69-71(74)75/h66,68H,1-65,67,69H2,(H,72,73)(H,74,75). The molecule has 0 aromatic carbocycles. The topological polar surface area (TPSA) is 74.6 Å². The lowest BCUT2D eigenvalue weighted by Gasteiger charge is -2.05. The van der Waals surface area contributed by atoms with Gasteiger partial charge < -0.3 is 10.2 Å². The Kier molecular flexibility index (Phi) is 67.6. The smallest absolute Gasteiger partial charge is 0.327 e. The molecule has 0 spiro atoms. The van der Waals surface area contributed by atoms with Crippen molar-refractivity contribution in [2.24, 2.45) is 0 Å². The monoisotopic (exact) mass is 1060 g/mol. The number of unbranched alkanes of at least 4 members (excludes halogenated alkanes) is 65. The van der Waals surface area contributed by atoms with Crippen LogP contribution in [0.4, 0.5) is 0 Å². The van der Waals surface area contributed by atoms with E-state index in [0.717, 1.165) is 25.7 Å². The summed E-state index contributed by atoms with van der Waals surface area (Å²) in [5.74, 6) is -1.47. The quantitative estimate of drug-likeness (QED) is 0.0470. The summed E-state index contributed by atoms with van der Waals surface area (Å²) < 4.78 is 0. The molecule has 0 saturated heterocycles. The van der Waals surface area contributed by atoms with Crippen molar-refractivity contribution >= 4 is 11.9 Å². The molecule has 0 heterocycles. The summed E-state index contributed by atoms with van der Waals surface area (Å²) in [6, 6.07) is 0. The van der Waals surface area contributed by atoms with Gasteiger partial charge in [-0.3, -0.25) is 4.79 Å². The van der Waals surface area contributed by atoms with E-state index in [0.29, 0.717) is 6.42 Å². The molecule has 0 saturated carbocycles. The third-order valence-electron chi connectivity index (χ3n) is 17.0. The van der Waals surface area contributed by atoms with Gasteiger partial charge >= 0.3 is 11.9 Å². The van der Waals surface area contributed by atoms with Crippen LogP contribution < -0.4 is 0 Å². The Balaban J connectivity index is 3.09. The molecule has 0 atom stereocenters. The number of aliphatic carboxylic acids is 2. The Bertz CT molecular complexity index is 1080. The van der Waals surface area contributed by atoms with Crippen LogP contribution >= 0.6 is 0 Å². The zero-order valence-corrected chi connectivity index (χ0v) is 51.2. The van der Waals surface area contributed by atoms with E-state index in [9.17, 15) is 9.59 Å². The van der Waals surface area contributed by atoms with Crippen molar-refractivity contribution in [1.29, 1.82) is 0 Å². The summed E-state index contributed by atoms with van der Waals surface area (Å²) in [5.41, 5.74) is 0. The number of hydrogen-bond acceptors (Lipinski definition) is 2. The van der Waals surface area contributed by atoms with Crippen molar-refractivity contribution in [3.8, 4) is 0 Å². The number of carboxylic acid groups (broad SMARTS) is 2. The lowest BCUT2D eigenvalue weighted by atomic mass is 10.0. The molecule has 0 aromatic heterocycles. The highest BCUT2D eigenvalue weighted by Gasteiger charge is 2.02. The van der Waals surface area contributed by atoms with Crippen molar-refractivity contribution in [3.63, 3.8) is 0 Å². The van der Waals surface area contributed by atoms with Gasteiger partial charge in [-0.05, 0) is 19.3 Å². The third-order valence-corrected chi connectivity index (χ3v) is 17.0. The van der Waals surface area contributed by atoms with Gasteiger partial charge in [-0.25, -0.2) is 4.79 Å². The molecule has 2 N–H and O–H groups in total. The van der Waals surface area contributed by atoms with Gasteiger partial charge in [-0.1, -0.05) is 411 Å². The molecule has 0 unspecified atom stereocenters. The summed E-state index contributed by atoms with van der Waals surface area (Å²) >= 11 is 0. The molecule has 446 valence electrons. The van der Waals surface area contributed by atoms with E-state index in [1.807, 2.05) is 0 Å². The molecule has 0 radical (unpaired) electrons. The first-order valence-corrected chi connectivity index (χ1v) is 35.2. The van der Waals surface area contributed by atoms with Crippen LogP contribution in [0, 0.1) is 0 Å². The molecule has 0 bridgehead atoms. The SMILES string of the molecule is O=C(O)C=CCCCCCCCCCCCCCCCCCCCCCCCCCCCCCCCCCCCCCCCCCCCCCCCCCCCCCCCCCCCCCCCCCCCC(=O)O. The van der Waals surface area contributed by atoms with Gasteiger partial charge in [0.25, 0.3) is 0 Å². The summed E-state index contributed by atoms with van der Waals surface area (Å²) in [7, 11) is 0. The second-order valence-corrected chi connectivity index (χ2v) is 24.7. The van der Waals surface area contributed by atoms with E-state index in [1.165, 1.54) is 404 Å². The first-order valence-electron chi connectivity index (χ1n) is 35.2. The fourth-order valence-corrected chi connectivity index (χ4v) is 11.9. The van der Waals surface area contributed by atoms with E-state index in [4.69, 9.17) is 10.2 Å². The van der Waals surface area contributed by atoms with Crippen LogP contribution in [0.1, 0.15) is 430 Å². The maximum Gasteiger partial charge on any atom is 0.327 e. The molecule has 0 aromatic rings. The maximum absolute atomic E-state index is 10.5. The average molecular weight is 1060 g/mol. The first kappa shape index (κ1) is 73.7. The molecule has 4 nitrogen and oxygen atoms in total. The number of carboxylic acids is 2. The number of carbonyl (C=O) groups is 2. The predicted octanol–water partition coefficient (Wildman–Crippen LogP) is 25.8. The molecule has 0 rings (SSSR count). The van der Waals surface area contributed by atoms with Crippen LogP contribution in [0.5, 0.6) is 0 Å². The summed E-state index contributed by atoms with van der Waals surface area (Å²) in [6.45, 7) is 0. The Hall–Kier alpha value is -1.32. The van der Waals surface area contributed by atoms with Crippen LogP contribution in [0.3, 0.4) is 0 Å². The minimum atomic E-state index is -0.827. The maximum atomic E-state index is 10.5. The molecular formula is C71H138O4. The van der Waals surface area contributed by atoms with Crippen LogP contribution in [-0.4, -0.2) is 22.2 Å². The van der Waals surface area contributed by atoms with E-state index in [-0.39, 0.29) is 0 Å². The molecule has 0 amide bonds. The molecule has 0 aliphatic rings. The largest absolute Gasteiger partial charge is 0.481 e. The van der Waals surface area contributed by atoms with E-state index in [1.54, 1.807) is 6.08 Å². The Labute approximate surface area is 472 Å². The normalized spacial score (nSPS) is 11.7. The number of allylic oxidation sites excluding steroid dienone is 1. The minimum absolute atomic E-state index is 0.345. The van der Waals surface area contributed by atoms with Gasteiger partial charge in [-0.15, -0.1) is 0 Å². The average Bonchev–Trinajstić information content (AvgIpc) is 3.40. The highest BCUT2D eigenvalue weighted by molar-refractivity contribution is 5.79. The van der Waals surface area contributed by atoms with E-state index in [2.05, 4.69) is 0 Å². The lowest BCUT2D eigenvalue weighted by Crippen LogP contribution is -1.93. The Morgan fingerprint density at radius 1 is 0.187 bits per heavy atom. The van der Waals surface area contributed by atoms with Crippen molar-refractivity contribution in [2.45, 2.75) is 430 Å². The van der Waals surface area contributed by atoms with Crippen molar-refractivity contribution in [1.82, 2.24) is 0 Å². The second kappa shape index (κ2) is 68.8. The highest BCUT2D eigenvalue weighted by atomic mass is 16.4. The summed E-state index contributed by atoms with van der Waals surface area (Å²) in [4.78, 5) is 21.0. The van der Waals surface area contributed by atoms with Gasteiger partial charge in [0.1, 0.15) is 0 Å².